The van der Waals surface area contributed by atoms with Crippen LogP contribution in [0.15, 0.2) is 54.7 Å². The fourth-order valence-corrected chi connectivity index (χ4v) is 3.59. The number of hydrogen-bond donors (Lipinski definition) is 2. The first kappa shape index (κ1) is 14.3. The Hall–Kier alpha value is -2.26. The van der Waals surface area contributed by atoms with Crippen LogP contribution in [0.2, 0.25) is 5.02 Å². The Labute approximate surface area is 139 Å². The molecule has 4 heteroatoms. The maximum atomic E-state index is 13.0. The minimum atomic E-state index is -0.455. The molecular weight excluding hydrogens is 308 g/mol. The van der Waals surface area contributed by atoms with Crippen molar-refractivity contribution in [1.82, 2.24) is 4.98 Å². The van der Waals surface area contributed by atoms with Crippen molar-refractivity contribution in [2.75, 3.05) is 5.32 Å². The number of benzene rings is 2. The third-order valence-corrected chi connectivity index (χ3v) is 5.10. The molecule has 0 radical (unpaired) electrons. The van der Waals surface area contributed by atoms with E-state index in [1.807, 2.05) is 54.7 Å². The second kappa shape index (κ2) is 5.43. The number of H-pyrrole nitrogens is 1. The number of nitrogens with one attached hydrogen (secondary N) is 2. The molecule has 1 heterocycles. The molecule has 0 aliphatic heterocycles. The van der Waals surface area contributed by atoms with Crippen molar-refractivity contribution in [1.29, 1.82) is 0 Å². The zero-order chi connectivity index (χ0) is 15.9. The molecular formula is C19H17ClN2O. The highest BCUT2D eigenvalue weighted by Crippen LogP contribution is 2.45. The van der Waals surface area contributed by atoms with Crippen LogP contribution in [0.5, 0.6) is 0 Å². The minimum absolute atomic E-state index is 0.0553. The average molecular weight is 325 g/mol. The maximum Gasteiger partial charge on any atom is 0.235 e. The zero-order valence-electron chi connectivity index (χ0n) is 12.6. The number of carbonyl (C=O) groups excluding carboxylic acids is 1. The fourth-order valence-electron chi connectivity index (χ4n) is 3.40. The summed E-state index contributed by atoms with van der Waals surface area (Å²) in [5.41, 5.74) is 2.42. The van der Waals surface area contributed by atoms with Crippen LogP contribution in [0.4, 0.5) is 5.69 Å². The van der Waals surface area contributed by atoms with E-state index >= 15 is 0 Å². The minimum Gasteiger partial charge on any atom is -0.361 e. The monoisotopic (exact) mass is 324 g/mol. The summed E-state index contributed by atoms with van der Waals surface area (Å²) in [7, 11) is 0. The summed E-state index contributed by atoms with van der Waals surface area (Å²) in [6.07, 6.45) is 4.68. The van der Waals surface area contributed by atoms with E-state index < -0.39 is 5.41 Å². The Kier molecular flexibility index (Phi) is 3.38. The third kappa shape index (κ3) is 2.32. The van der Waals surface area contributed by atoms with Gasteiger partial charge in [0.25, 0.3) is 0 Å². The van der Waals surface area contributed by atoms with Crippen molar-refractivity contribution in [2.24, 2.45) is 0 Å². The van der Waals surface area contributed by atoms with E-state index in [2.05, 4.69) is 10.3 Å². The number of rotatable bonds is 3. The number of aromatic amines is 1. The maximum absolute atomic E-state index is 13.0. The molecule has 0 saturated heterocycles. The van der Waals surface area contributed by atoms with E-state index in [4.69, 9.17) is 11.6 Å². The molecule has 4 rings (SSSR count). The number of hydrogen-bond acceptors (Lipinski definition) is 1. The van der Waals surface area contributed by atoms with Gasteiger partial charge >= 0.3 is 0 Å². The fraction of sp³-hybridized carbons (Fsp3) is 0.211. The van der Waals surface area contributed by atoms with E-state index in [1.165, 1.54) is 0 Å². The van der Waals surface area contributed by atoms with Gasteiger partial charge < -0.3 is 10.3 Å². The molecule has 3 nitrogen and oxygen atoms in total. The second-order valence-corrected chi connectivity index (χ2v) is 6.58. The number of fused-ring (bicyclic) bond motifs is 1. The Morgan fingerprint density at radius 2 is 1.96 bits per heavy atom. The molecule has 1 aliphatic carbocycles. The van der Waals surface area contributed by atoms with Crippen molar-refractivity contribution in [3.8, 4) is 0 Å². The van der Waals surface area contributed by atoms with E-state index in [0.717, 1.165) is 41.4 Å². The summed E-state index contributed by atoms with van der Waals surface area (Å²) in [6.45, 7) is 0. The SMILES string of the molecule is O=C(Nc1cccc2[nH]ccc12)C1(c2cccc(Cl)c2)CCC1. The van der Waals surface area contributed by atoms with Crippen molar-refractivity contribution in [3.05, 3.63) is 65.3 Å². The van der Waals surface area contributed by atoms with Gasteiger partial charge in [0, 0.05) is 22.1 Å². The number of halogens is 1. The zero-order valence-corrected chi connectivity index (χ0v) is 13.4. The van der Waals surface area contributed by atoms with Crippen molar-refractivity contribution in [3.63, 3.8) is 0 Å². The molecule has 0 bridgehead atoms. The predicted molar refractivity (Wildman–Crippen MR) is 93.9 cm³/mol. The number of carbonyl (C=O) groups is 1. The lowest BCUT2D eigenvalue weighted by Crippen LogP contribution is -2.46. The molecule has 116 valence electrons. The molecule has 2 N–H and O–H groups in total. The van der Waals surface area contributed by atoms with E-state index in [0.29, 0.717) is 5.02 Å². The molecule has 1 aromatic heterocycles. The normalized spacial score (nSPS) is 16.0. The molecule has 2 aromatic carbocycles. The molecule has 0 spiro atoms. The molecule has 1 aliphatic rings. The summed E-state index contributed by atoms with van der Waals surface area (Å²) in [4.78, 5) is 16.2. The highest BCUT2D eigenvalue weighted by Gasteiger charge is 2.45. The second-order valence-electron chi connectivity index (χ2n) is 6.14. The van der Waals surface area contributed by atoms with Gasteiger partial charge in [-0.15, -0.1) is 0 Å². The van der Waals surface area contributed by atoms with Gasteiger partial charge in [-0.25, -0.2) is 0 Å². The van der Waals surface area contributed by atoms with Gasteiger partial charge in [-0.1, -0.05) is 36.2 Å². The molecule has 0 atom stereocenters. The lowest BCUT2D eigenvalue weighted by Gasteiger charge is -2.40. The standard InChI is InChI=1S/C19H17ClN2O/c20-14-5-1-4-13(12-14)19(9-3-10-19)18(23)22-17-7-2-6-16-15(17)8-11-21-16/h1-2,4-8,11-12,21H,3,9-10H2,(H,22,23). The lowest BCUT2D eigenvalue weighted by atomic mass is 9.64. The molecule has 23 heavy (non-hydrogen) atoms. The van der Waals surface area contributed by atoms with Crippen molar-refractivity contribution < 1.29 is 4.79 Å². The van der Waals surface area contributed by atoms with Gasteiger partial charge in [0.15, 0.2) is 0 Å². The summed E-state index contributed by atoms with van der Waals surface area (Å²) in [5, 5.41) is 4.83. The highest BCUT2D eigenvalue weighted by molar-refractivity contribution is 6.30. The highest BCUT2D eigenvalue weighted by atomic mass is 35.5. The molecule has 1 amide bonds. The smallest absolute Gasteiger partial charge is 0.235 e. The Morgan fingerprint density at radius 1 is 1.13 bits per heavy atom. The van der Waals surface area contributed by atoms with Gasteiger partial charge in [-0.05, 0) is 48.7 Å². The number of aromatic nitrogens is 1. The van der Waals surface area contributed by atoms with Crippen LogP contribution >= 0.6 is 11.6 Å². The van der Waals surface area contributed by atoms with Crippen LogP contribution in [0.25, 0.3) is 10.9 Å². The summed E-state index contributed by atoms with van der Waals surface area (Å²) in [6, 6.07) is 15.5. The van der Waals surface area contributed by atoms with Gasteiger partial charge in [0.1, 0.15) is 0 Å². The van der Waals surface area contributed by atoms with Gasteiger partial charge in [0.2, 0.25) is 5.91 Å². The summed E-state index contributed by atoms with van der Waals surface area (Å²) < 4.78 is 0. The first-order chi connectivity index (χ1) is 11.2. The van der Waals surface area contributed by atoms with E-state index in [1.54, 1.807) is 0 Å². The Bertz CT molecular complexity index is 880. The summed E-state index contributed by atoms with van der Waals surface area (Å²) >= 11 is 6.12. The van der Waals surface area contributed by atoms with Crippen molar-refractivity contribution >= 4 is 34.1 Å². The molecule has 3 aromatic rings. The molecule has 0 unspecified atom stereocenters. The third-order valence-electron chi connectivity index (χ3n) is 4.86. The quantitative estimate of drug-likeness (QED) is 0.708. The lowest BCUT2D eigenvalue weighted by molar-refractivity contribution is -0.124. The van der Waals surface area contributed by atoms with Gasteiger partial charge in [-0.2, -0.15) is 0 Å². The van der Waals surface area contributed by atoms with Crippen molar-refractivity contribution in [2.45, 2.75) is 24.7 Å². The van der Waals surface area contributed by atoms with Crippen LogP contribution in [-0.4, -0.2) is 10.9 Å². The number of anilines is 1. The Balaban J connectivity index is 1.69. The van der Waals surface area contributed by atoms with Crippen LogP contribution in [0.1, 0.15) is 24.8 Å². The topological polar surface area (TPSA) is 44.9 Å². The van der Waals surface area contributed by atoms with E-state index in [-0.39, 0.29) is 5.91 Å². The van der Waals surface area contributed by atoms with Crippen LogP contribution < -0.4 is 5.32 Å². The molecule has 1 fully saturated rings. The predicted octanol–water partition coefficient (Wildman–Crippen LogP) is 4.88. The Morgan fingerprint density at radius 3 is 2.70 bits per heavy atom. The number of amides is 1. The van der Waals surface area contributed by atoms with Gasteiger partial charge in [0.05, 0.1) is 11.1 Å². The van der Waals surface area contributed by atoms with Crippen LogP contribution in [0, 0.1) is 0 Å². The largest absolute Gasteiger partial charge is 0.361 e. The average Bonchev–Trinajstić information content (AvgIpc) is 2.96. The summed E-state index contributed by atoms with van der Waals surface area (Å²) in [5.74, 6) is 0.0553. The first-order valence-electron chi connectivity index (χ1n) is 7.83. The van der Waals surface area contributed by atoms with Gasteiger partial charge in [-0.3, -0.25) is 4.79 Å². The van der Waals surface area contributed by atoms with Crippen LogP contribution in [-0.2, 0) is 10.2 Å². The molecule has 1 saturated carbocycles. The van der Waals surface area contributed by atoms with Crippen LogP contribution in [0.3, 0.4) is 0 Å². The van der Waals surface area contributed by atoms with E-state index in [9.17, 15) is 4.79 Å². The first-order valence-corrected chi connectivity index (χ1v) is 8.20.